The molecule has 0 aliphatic heterocycles. The molecule has 0 aromatic heterocycles. The number of nitro benzene ring substituents is 1. The van der Waals surface area contributed by atoms with Crippen LogP contribution in [0.4, 0.5) is 11.4 Å². The fourth-order valence-electron chi connectivity index (χ4n) is 5.30. The summed E-state index contributed by atoms with van der Waals surface area (Å²) in [7, 11) is -4.31. The number of hydrogen-bond donors (Lipinski definition) is 1. The summed E-state index contributed by atoms with van der Waals surface area (Å²) in [6.07, 6.45) is 4.14. The third kappa shape index (κ3) is 7.33. The molecule has 1 N–H and O–H groups in total. The Hall–Kier alpha value is -4.25. The van der Waals surface area contributed by atoms with Gasteiger partial charge in [0.15, 0.2) is 0 Å². The number of carbonyl (C=O) groups is 2. The number of benzene rings is 3. The molecule has 4 rings (SSSR count). The van der Waals surface area contributed by atoms with Crippen molar-refractivity contribution in [1.29, 1.82) is 0 Å². The first-order valence-electron chi connectivity index (χ1n) is 14.1. The molecule has 10 nitrogen and oxygen atoms in total. The molecule has 11 heteroatoms. The van der Waals surface area contributed by atoms with Crippen LogP contribution in [0.5, 0.6) is 0 Å². The van der Waals surface area contributed by atoms with Crippen LogP contribution in [-0.4, -0.2) is 48.7 Å². The zero-order valence-electron chi connectivity index (χ0n) is 23.8. The predicted octanol–water partition coefficient (Wildman–Crippen LogP) is 4.96. The minimum atomic E-state index is -4.31. The maximum absolute atomic E-state index is 14.2. The van der Waals surface area contributed by atoms with Gasteiger partial charge in [-0.1, -0.05) is 73.9 Å². The summed E-state index contributed by atoms with van der Waals surface area (Å²) in [4.78, 5) is 39.9. The van der Waals surface area contributed by atoms with Crippen LogP contribution < -0.4 is 9.62 Å². The fraction of sp³-hybridized carbons (Fsp3) is 0.355. The fourth-order valence-corrected chi connectivity index (χ4v) is 6.73. The van der Waals surface area contributed by atoms with E-state index in [1.165, 1.54) is 35.2 Å². The molecule has 3 aromatic rings. The Labute approximate surface area is 246 Å². The number of nitrogens with zero attached hydrogens (tertiary/aromatic N) is 3. The summed E-state index contributed by atoms with van der Waals surface area (Å²) >= 11 is 0. The molecule has 0 spiro atoms. The summed E-state index contributed by atoms with van der Waals surface area (Å²) in [5.41, 5.74) is 1.43. The van der Waals surface area contributed by atoms with Crippen molar-refractivity contribution in [2.75, 3.05) is 10.8 Å². The second kappa shape index (κ2) is 13.6. The number of nitro groups is 1. The maximum atomic E-state index is 14.2. The molecule has 1 saturated carbocycles. The van der Waals surface area contributed by atoms with E-state index in [2.05, 4.69) is 5.32 Å². The van der Waals surface area contributed by atoms with E-state index in [1.54, 1.807) is 18.2 Å². The van der Waals surface area contributed by atoms with Gasteiger partial charge < -0.3 is 10.2 Å². The largest absolute Gasteiger partial charge is 0.352 e. The van der Waals surface area contributed by atoms with Gasteiger partial charge in [-0.15, -0.1) is 0 Å². The quantitative estimate of drug-likeness (QED) is 0.234. The third-order valence-corrected chi connectivity index (χ3v) is 9.25. The Morgan fingerprint density at radius 2 is 1.69 bits per heavy atom. The van der Waals surface area contributed by atoms with Crippen LogP contribution >= 0.6 is 0 Å². The highest BCUT2D eigenvalue weighted by atomic mass is 32.2. The number of nitrogens with one attached hydrogen (secondary N) is 1. The maximum Gasteiger partial charge on any atom is 0.271 e. The predicted molar refractivity (Wildman–Crippen MR) is 160 cm³/mol. The third-order valence-electron chi connectivity index (χ3n) is 7.46. The van der Waals surface area contributed by atoms with E-state index in [9.17, 15) is 28.1 Å². The Morgan fingerprint density at radius 3 is 2.33 bits per heavy atom. The summed E-state index contributed by atoms with van der Waals surface area (Å²) < 4.78 is 28.6. The highest BCUT2D eigenvalue weighted by molar-refractivity contribution is 7.92. The molecule has 3 aromatic carbocycles. The number of non-ortho nitro benzene ring substituents is 1. The number of carbonyl (C=O) groups excluding carboxylic acids is 2. The molecule has 0 saturated heterocycles. The Morgan fingerprint density at radius 1 is 1.00 bits per heavy atom. The molecule has 0 bridgehead atoms. The van der Waals surface area contributed by atoms with Crippen molar-refractivity contribution in [1.82, 2.24) is 10.2 Å². The van der Waals surface area contributed by atoms with Gasteiger partial charge in [-0.25, -0.2) is 8.42 Å². The topological polar surface area (TPSA) is 130 Å². The highest BCUT2D eigenvalue weighted by Gasteiger charge is 2.35. The first kappa shape index (κ1) is 30.7. The molecule has 222 valence electrons. The van der Waals surface area contributed by atoms with Crippen LogP contribution in [-0.2, 0) is 26.2 Å². The zero-order valence-corrected chi connectivity index (χ0v) is 24.6. The number of anilines is 1. The van der Waals surface area contributed by atoms with Crippen LogP contribution in [0, 0.1) is 17.0 Å². The van der Waals surface area contributed by atoms with E-state index in [-0.39, 0.29) is 34.8 Å². The van der Waals surface area contributed by atoms with E-state index in [4.69, 9.17) is 0 Å². The van der Waals surface area contributed by atoms with E-state index in [1.807, 2.05) is 38.1 Å². The lowest BCUT2D eigenvalue weighted by Crippen LogP contribution is -2.53. The van der Waals surface area contributed by atoms with Crippen LogP contribution in [0.3, 0.4) is 0 Å². The smallest absolute Gasteiger partial charge is 0.271 e. The number of aryl methyl sites for hydroxylation is 1. The summed E-state index contributed by atoms with van der Waals surface area (Å²) in [5, 5.41) is 14.6. The van der Waals surface area contributed by atoms with Crippen molar-refractivity contribution in [3.8, 4) is 0 Å². The van der Waals surface area contributed by atoms with E-state index >= 15 is 0 Å². The van der Waals surface area contributed by atoms with Gasteiger partial charge in [-0.2, -0.15) is 0 Å². The molecular weight excluding hydrogens is 556 g/mol. The van der Waals surface area contributed by atoms with Crippen LogP contribution in [0.2, 0.25) is 0 Å². The first-order chi connectivity index (χ1) is 20.1. The average molecular weight is 593 g/mol. The van der Waals surface area contributed by atoms with Crippen molar-refractivity contribution in [2.45, 2.75) is 69.5 Å². The SMILES string of the molecule is CCC(C(=O)NC1CCCC1)N(Cc1cccc(C)c1)C(=O)CN(c1cccc([N+](=O)[O-])c1)S(=O)(=O)c1ccccc1. The van der Waals surface area contributed by atoms with E-state index < -0.39 is 33.4 Å². The molecule has 2 amide bonds. The highest BCUT2D eigenvalue weighted by Crippen LogP contribution is 2.28. The van der Waals surface area contributed by atoms with Gasteiger partial charge in [0.25, 0.3) is 15.7 Å². The summed E-state index contributed by atoms with van der Waals surface area (Å²) in [6, 6.07) is 19.5. The van der Waals surface area contributed by atoms with Crippen molar-refractivity contribution >= 4 is 33.2 Å². The van der Waals surface area contributed by atoms with Crippen LogP contribution in [0.1, 0.15) is 50.2 Å². The van der Waals surface area contributed by atoms with Crippen LogP contribution in [0.25, 0.3) is 0 Å². The van der Waals surface area contributed by atoms with Gasteiger partial charge in [-0.05, 0) is 49.9 Å². The Bertz CT molecular complexity index is 1520. The van der Waals surface area contributed by atoms with Crippen molar-refractivity contribution in [2.24, 2.45) is 0 Å². The standard InChI is InChI=1S/C31H36N4O6S/c1-3-29(31(37)32-25-13-7-8-14-25)33(21-24-12-9-11-23(2)19-24)30(36)22-34(26-15-10-16-27(20-26)35(38)39)42(40,41)28-17-5-4-6-18-28/h4-6,9-12,15-20,25,29H,3,7-8,13-14,21-22H2,1-2H3,(H,32,37). The molecule has 1 fully saturated rings. The molecule has 1 aliphatic carbocycles. The zero-order chi connectivity index (χ0) is 30.3. The van der Waals surface area contributed by atoms with Crippen molar-refractivity contribution in [3.63, 3.8) is 0 Å². The minimum absolute atomic E-state index is 0.0274. The normalized spacial score (nSPS) is 14.2. The lowest BCUT2D eigenvalue weighted by atomic mass is 10.1. The Balaban J connectivity index is 1.74. The van der Waals surface area contributed by atoms with Gasteiger partial charge in [0.1, 0.15) is 12.6 Å². The lowest BCUT2D eigenvalue weighted by Gasteiger charge is -2.33. The Kier molecular flexibility index (Phi) is 9.95. The van der Waals surface area contributed by atoms with Gasteiger partial charge in [0.05, 0.1) is 15.5 Å². The number of rotatable bonds is 12. The second-order valence-electron chi connectivity index (χ2n) is 10.5. The first-order valence-corrected chi connectivity index (χ1v) is 15.5. The molecule has 1 aliphatic rings. The number of amides is 2. The molecule has 0 radical (unpaired) electrons. The molecule has 1 atom stereocenters. The van der Waals surface area contributed by atoms with E-state index in [0.29, 0.717) is 6.42 Å². The molecule has 1 unspecified atom stereocenters. The summed E-state index contributed by atoms with van der Waals surface area (Å²) in [5.74, 6) is -0.880. The molecule has 42 heavy (non-hydrogen) atoms. The lowest BCUT2D eigenvalue weighted by molar-refractivity contribution is -0.384. The molecule has 0 heterocycles. The summed E-state index contributed by atoms with van der Waals surface area (Å²) in [6.45, 7) is 3.17. The minimum Gasteiger partial charge on any atom is -0.352 e. The van der Waals surface area contributed by atoms with Gasteiger partial charge >= 0.3 is 0 Å². The van der Waals surface area contributed by atoms with Gasteiger partial charge in [-0.3, -0.25) is 24.0 Å². The second-order valence-corrected chi connectivity index (χ2v) is 12.4. The van der Waals surface area contributed by atoms with E-state index in [0.717, 1.165) is 47.2 Å². The number of sulfonamides is 1. The molecular formula is C31H36N4O6S. The van der Waals surface area contributed by atoms with Gasteiger partial charge in [0.2, 0.25) is 11.8 Å². The van der Waals surface area contributed by atoms with Crippen molar-refractivity contribution < 1.29 is 22.9 Å². The van der Waals surface area contributed by atoms with Gasteiger partial charge in [0, 0.05) is 24.7 Å². The monoisotopic (exact) mass is 592 g/mol. The number of hydrogen-bond acceptors (Lipinski definition) is 6. The van der Waals surface area contributed by atoms with Crippen LogP contribution in [0.15, 0.2) is 83.8 Å². The van der Waals surface area contributed by atoms with Crippen molar-refractivity contribution in [3.05, 3.63) is 100 Å². The average Bonchev–Trinajstić information content (AvgIpc) is 3.49.